The monoisotopic (exact) mass is 276 g/mol. The number of aliphatic hydroxyl groups is 1. The zero-order valence-electron chi connectivity index (χ0n) is 10.4. The Morgan fingerprint density at radius 2 is 1.84 bits per heavy atom. The molecule has 0 radical (unpaired) electrons. The molecule has 0 saturated carbocycles. The average molecular weight is 276 g/mol. The summed E-state index contributed by atoms with van der Waals surface area (Å²) in [6.45, 7) is 2.02. The first-order valence-corrected chi connectivity index (χ1v) is 5.81. The number of carbonyl (C=O) groups excluding carboxylic acids is 1. The maximum absolute atomic E-state index is 13.3. The quantitative estimate of drug-likeness (QED) is 0.811. The molecule has 0 fully saturated rings. The van der Waals surface area contributed by atoms with Crippen LogP contribution in [0.15, 0.2) is 12.1 Å². The van der Waals surface area contributed by atoms with E-state index in [1.54, 1.807) is 0 Å². The average Bonchev–Trinajstić information content (AvgIpc) is 2.35. The fourth-order valence-corrected chi connectivity index (χ4v) is 1.52. The molecule has 0 spiro atoms. The Morgan fingerprint density at radius 3 is 2.42 bits per heavy atom. The molecule has 0 unspecified atom stereocenters. The molecule has 2 amide bonds. The third kappa shape index (κ3) is 4.13. The maximum atomic E-state index is 13.3. The first-order chi connectivity index (χ1) is 8.99. The number of nitrogens with zero attached hydrogens (tertiary/aromatic N) is 1. The van der Waals surface area contributed by atoms with Crippen molar-refractivity contribution in [3.05, 3.63) is 29.6 Å². The van der Waals surface area contributed by atoms with E-state index in [1.165, 1.54) is 4.90 Å². The summed E-state index contributed by atoms with van der Waals surface area (Å²) in [5.74, 6) is -3.63. The standard InChI is InChI=1S/C12H15F3N2O2/c1-2-3-17(4-5-18)12(19)16-11-7-9(14)8(13)6-10(11)15/h6-7,18H,2-5H2,1H3,(H,16,19). The number of hydrogen-bond donors (Lipinski definition) is 2. The Kier molecular flexibility index (Phi) is 5.62. The summed E-state index contributed by atoms with van der Waals surface area (Å²) >= 11 is 0. The van der Waals surface area contributed by atoms with Crippen LogP contribution in [0.1, 0.15) is 13.3 Å². The number of rotatable bonds is 5. The lowest BCUT2D eigenvalue weighted by molar-refractivity contribution is 0.188. The number of halogens is 3. The second kappa shape index (κ2) is 6.98. The molecule has 106 valence electrons. The van der Waals surface area contributed by atoms with Crippen molar-refractivity contribution < 1.29 is 23.1 Å². The third-order valence-electron chi connectivity index (χ3n) is 2.40. The number of aliphatic hydroxyl groups excluding tert-OH is 1. The molecule has 0 saturated heterocycles. The minimum Gasteiger partial charge on any atom is -0.395 e. The molecule has 0 bridgehead atoms. The van der Waals surface area contributed by atoms with Crippen LogP contribution in [0.5, 0.6) is 0 Å². The summed E-state index contributed by atoms with van der Waals surface area (Å²) in [6.07, 6.45) is 0.647. The lowest BCUT2D eigenvalue weighted by Crippen LogP contribution is -2.37. The van der Waals surface area contributed by atoms with Gasteiger partial charge in [0.15, 0.2) is 11.6 Å². The van der Waals surface area contributed by atoms with E-state index >= 15 is 0 Å². The van der Waals surface area contributed by atoms with Crippen LogP contribution < -0.4 is 5.32 Å². The van der Waals surface area contributed by atoms with Gasteiger partial charge in [0.05, 0.1) is 12.3 Å². The van der Waals surface area contributed by atoms with Crippen LogP contribution in [-0.2, 0) is 0 Å². The van der Waals surface area contributed by atoms with E-state index in [2.05, 4.69) is 5.32 Å². The largest absolute Gasteiger partial charge is 0.395 e. The Hall–Kier alpha value is -1.76. The molecule has 0 heterocycles. The van der Waals surface area contributed by atoms with Crippen molar-refractivity contribution in [1.29, 1.82) is 0 Å². The third-order valence-corrected chi connectivity index (χ3v) is 2.40. The Labute approximate surface area is 108 Å². The molecular weight excluding hydrogens is 261 g/mol. The van der Waals surface area contributed by atoms with Crippen LogP contribution in [-0.4, -0.2) is 35.7 Å². The molecule has 0 atom stereocenters. The topological polar surface area (TPSA) is 52.6 Å². The van der Waals surface area contributed by atoms with Crippen molar-refractivity contribution in [1.82, 2.24) is 4.90 Å². The number of carbonyl (C=O) groups is 1. The summed E-state index contributed by atoms with van der Waals surface area (Å²) in [4.78, 5) is 13.0. The van der Waals surface area contributed by atoms with Crippen molar-refractivity contribution in [2.45, 2.75) is 13.3 Å². The van der Waals surface area contributed by atoms with Crippen molar-refractivity contribution in [3.63, 3.8) is 0 Å². The highest BCUT2D eigenvalue weighted by atomic mass is 19.2. The van der Waals surface area contributed by atoms with Crippen LogP contribution in [0.3, 0.4) is 0 Å². The Morgan fingerprint density at radius 1 is 1.21 bits per heavy atom. The first kappa shape index (κ1) is 15.3. The van der Waals surface area contributed by atoms with Crippen molar-refractivity contribution in [3.8, 4) is 0 Å². The van der Waals surface area contributed by atoms with Gasteiger partial charge in [0.2, 0.25) is 0 Å². The van der Waals surface area contributed by atoms with Crippen molar-refractivity contribution in [2.75, 3.05) is 25.0 Å². The van der Waals surface area contributed by atoms with E-state index < -0.39 is 29.2 Å². The highest BCUT2D eigenvalue weighted by Crippen LogP contribution is 2.18. The van der Waals surface area contributed by atoms with E-state index in [0.717, 1.165) is 0 Å². The minimum absolute atomic E-state index is 0.0744. The molecule has 2 N–H and O–H groups in total. The molecule has 0 aliphatic rings. The van der Waals surface area contributed by atoms with E-state index in [9.17, 15) is 18.0 Å². The van der Waals surface area contributed by atoms with E-state index in [4.69, 9.17) is 5.11 Å². The van der Waals surface area contributed by atoms with Crippen LogP contribution in [0.2, 0.25) is 0 Å². The van der Waals surface area contributed by atoms with Gasteiger partial charge in [-0.05, 0) is 6.42 Å². The normalized spacial score (nSPS) is 10.4. The lowest BCUT2D eigenvalue weighted by atomic mass is 10.3. The number of anilines is 1. The van der Waals surface area contributed by atoms with Crippen LogP contribution >= 0.6 is 0 Å². The number of hydrogen-bond acceptors (Lipinski definition) is 2. The van der Waals surface area contributed by atoms with Gasteiger partial charge >= 0.3 is 6.03 Å². The highest BCUT2D eigenvalue weighted by Gasteiger charge is 2.16. The SMILES string of the molecule is CCCN(CCO)C(=O)Nc1cc(F)c(F)cc1F. The van der Waals surface area contributed by atoms with E-state index in [1.807, 2.05) is 6.92 Å². The number of urea groups is 1. The molecular formula is C12H15F3N2O2. The first-order valence-electron chi connectivity index (χ1n) is 5.81. The summed E-state index contributed by atoms with van der Waals surface area (Å²) in [5, 5.41) is 11.0. The molecule has 0 aromatic heterocycles. The van der Waals surface area contributed by atoms with Crippen LogP contribution in [0, 0.1) is 17.5 Å². The molecule has 0 aliphatic carbocycles. The zero-order chi connectivity index (χ0) is 14.4. The van der Waals surface area contributed by atoms with Gasteiger partial charge in [-0.1, -0.05) is 6.92 Å². The molecule has 19 heavy (non-hydrogen) atoms. The van der Waals surface area contributed by atoms with E-state index in [0.29, 0.717) is 25.1 Å². The smallest absolute Gasteiger partial charge is 0.322 e. The summed E-state index contributed by atoms with van der Waals surface area (Å²) in [5.41, 5.74) is -0.442. The van der Waals surface area contributed by atoms with Gasteiger partial charge < -0.3 is 15.3 Å². The second-order valence-corrected chi connectivity index (χ2v) is 3.89. The van der Waals surface area contributed by atoms with Crippen molar-refractivity contribution in [2.24, 2.45) is 0 Å². The summed E-state index contributed by atoms with van der Waals surface area (Å²) < 4.78 is 39.0. The van der Waals surface area contributed by atoms with Gasteiger partial charge in [0.25, 0.3) is 0 Å². The lowest BCUT2D eigenvalue weighted by Gasteiger charge is -2.21. The van der Waals surface area contributed by atoms with Crippen molar-refractivity contribution >= 4 is 11.7 Å². The van der Waals surface area contributed by atoms with Crippen LogP contribution in [0.4, 0.5) is 23.7 Å². The summed E-state index contributed by atoms with van der Waals surface area (Å²) in [6, 6.07) is 0.257. The van der Waals surface area contributed by atoms with E-state index in [-0.39, 0.29) is 13.2 Å². The van der Waals surface area contributed by atoms with Crippen LogP contribution in [0.25, 0.3) is 0 Å². The van der Waals surface area contributed by atoms with Gasteiger partial charge in [-0.2, -0.15) is 0 Å². The molecule has 1 aromatic carbocycles. The predicted octanol–water partition coefficient (Wildman–Crippen LogP) is 2.34. The molecule has 7 heteroatoms. The summed E-state index contributed by atoms with van der Waals surface area (Å²) in [7, 11) is 0. The zero-order valence-corrected chi connectivity index (χ0v) is 10.4. The maximum Gasteiger partial charge on any atom is 0.322 e. The molecule has 4 nitrogen and oxygen atoms in total. The fourth-order valence-electron chi connectivity index (χ4n) is 1.52. The highest BCUT2D eigenvalue weighted by molar-refractivity contribution is 5.89. The minimum atomic E-state index is -1.32. The fraction of sp³-hybridized carbons (Fsp3) is 0.417. The number of nitrogens with one attached hydrogen (secondary N) is 1. The Bertz CT molecular complexity index is 449. The predicted molar refractivity (Wildman–Crippen MR) is 64.3 cm³/mol. The Balaban J connectivity index is 2.83. The van der Waals surface area contributed by atoms with Gasteiger partial charge in [0.1, 0.15) is 5.82 Å². The number of amides is 2. The molecule has 0 aliphatic heterocycles. The van der Waals surface area contributed by atoms with Gasteiger partial charge in [-0.15, -0.1) is 0 Å². The second-order valence-electron chi connectivity index (χ2n) is 3.89. The number of benzene rings is 1. The van der Waals surface area contributed by atoms with Gasteiger partial charge in [-0.3, -0.25) is 0 Å². The molecule has 1 aromatic rings. The van der Waals surface area contributed by atoms with Gasteiger partial charge in [-0.25, -0.2) is 18.0 Å². The van der Waals surface area contributed by atoms with Gasteiger partial charge in [0, 0.05) is 25.2 Å². The molecule has 1 rings (SSSR count).